The molecule has 38 heavy (non-hydrogen) atoms. The number of aromatic nitrogens is 1. The maximum atomic E-state index is 13.9. The summed E-state index contributed by atoms with van der Waals surface area (Å²) in [6.07, 6.45) is 1.69. The smallest absolute Gasteiger partial charge is 0.357 e. The highest BCUT2D eigenvalue weighted by Crippen LogP contribution is 2.35. The summed E-state index contributed by atoms with van der Waals surface area (Å²) in [5, 5.41) is 21.2. The Balaban J connectivity index is 1.80. The number of nitrogens with zero attached hydrogens (tertiary/aromatic N) is 3. The van der Waals surface area contributed by atoms with Crippen LogP contribution in [-0.2, 0) is 4.74 Å². The summed E-state index contributed by atoms with van der Waals surface area (Å²) in [6.45, 7) is 7.42. The van der Waals surface area contributed by atoms with Crippen molar-refractivity contribution in [1.29, 1.82) is 10.7 Å². The van der Waals surface area contributed by atoms with E-state index < -0.39 is 11.8 Å². The number of piperidine rings is 1. The second kappa shape index (κ2) is 11.9. The van der Waals surface area contributed by atoms with Gasteiger partial charge in [0.2, 0.25) is 0 Å². The molecule has 0 saturated carbocycles. The van der Waals surface area contributed by atoms with Crippen LogP contribution in [0.15, 0.2) is 54.6 Å². The number of carbonyl (C=O) groups excluding carboxylic acids is 1. The summed E-state index contributed by atoms with van der Waals surface area (Å²) < 4.78 is 19.2. The topological polar surface area (TPSA) is 102 Å². The second-order valence-electron chi connectivity index (χ2n) is 9.64. The molecule has 196 valence electrons. The molecule has 2 N–H and O–H groups in total. The number of esters is 1. The van der Waals surface area contributed by atoms with Gasteiger partial charge in [0, 0.05) is 41.7 Å². The first kappa shape index (κ1) is 26.8. The van der Waals surface area contributed by atoms with E-state index in [4.69, 9.17) is 10.1 Å². The summed E-state index contributed by atoms with van der Waals surface area (Å²) >= 11 is 0. The fourth-order valence-corrected chi connectivity index (χ4v) is 4.56. The fraction of sp³-hybridized carbons (Fsp3) is 0.333. The van der Waals surface area contributed by atoms with Crippen LogP contribution < -0.4 is 10.2 Å². The van der Waals surface area contributed by atoms with E-state index in [1.165, 1.54) is 12.1 Å². The lowest BCUT2D eigenvalue weighted by atomic mass is 9.91. The molecule has 0 unspecified atom stereocenters. The third-order valence-corrected chi connectivity index (χ3v) is 6.66. The number of carbonyl (C=O) groups is 1. The number of rotatable bonds is 8. The minimum absolute atomic E-state index is 0.101. The van der Waals surface area contributed by atoms with Crippen molar-refractivity contribution in [1.82, 2.24) is 4.98 Å². The largest absolute Gasteiger partial charge is 0.461 e. The molecule has 1 aliphatic rings. The molecule has 0 atom stereocenters. The average molecular weight is 514 g/mol. The van der Waals surface area contributed by atoms with Crippen LogP contribution in [0.5, 0.6) is 0 Å². The van der Waals surface area contributed by atoms with Crippen LogP contribution in [0.4, 0.5) is 21.6 Å². The Morgan fingerprint density at radius 3 is 2.53 bits per heavy atom. The van der Waals surface area contributed by atoms with Gasteiger partial charge < -0.3 is 20.4 Å². The molecule has 0 bridgehead atoms. The minimum Gasteiger partial charge on any atom is -0.461 e. The SMILES string of the molecule is CCOC(=O)c1cc(-c2ccc(N3CCC(C#N)CC3)cc2)c(C(=N)C(C)C)c(Nc2cccc(F)c2)n1. The number of ether oxygens (including phenoxy) is 1. The van der Waals surface area contributed by atoms with Crippen molar-refractivity contribution in [2.24, 2.45) is 11.8 Å². The summed E-state index contributed by atoms with van der Waals surface area (Å²) in [4.78, 5) is 19.6. The minimum atomic E-state index is -0.573. The number of nitriles is 1. The molecular formula is C30H32FN5O2. The molecule has 8 heteroatoms. The standard InChI is InChI=1S/C30H32FN5O2/c1-4-38-30(37)26-17-25(21-8-10-24(11-9-21)36-14-12-20(18-32)13-15-36)27(28(33)19(2)3)29(35-26)34-23-7-5-6-22(31)16-23/h5-11,16-17,19-20,33H,4,12-15H2,1-3H3,(H,34,35). The fourth-order valence-electron chi connectivity index (χ4n) is 4.56. The van der Waals surface area contributed by atoms with Gasteiger partial charge in [-0.1, -0.05) is 32.0 Å². The van der Waals surface area contributed by atoms with Crippen LogP contribution in [0.2, 0.25) is 0 Å². The quantitative estimate of drug-likeness (QED) is 0.261. The summed E-state index contributed by atoms with van der Waals surface area (Å²) in [5.74, 6) is -0.713. The third-order valence-electron chi connectivity index (χ3n) is 6.66. The molecule has 0 radical (unpaired) electrons. The van der Waals surface area contributed by atoms with E-state index in [0.717, 1.165) is 37.2 Å². The molecule has 1 fully saturated rings. The van der Waals surface area contributed by atoms with Gasteiger partial charge >= 0.3 is 5.97 Å². The van der Waals surface area contributed by atoms with Crippen LogP contribution in [0.1, 0.15) is 49.7 Å². The number of pyridine rings is 1. The van der Waals surface area contributed by atoms with Crippen LogP contribution in [-0.4, -0.2) is 36.4 Å². The number of benzene rings is 2. The Hall–Kier alpha value is -4.25. The van der Waals surface area contributed by atoms with Crippen molar-refractivity contribution >= 4 is 28.9 Å². The van der Waals surface area contributed by atoms with Crippen molar-refractivity contribution in [2.75, 3.05) is 29.9 Å². The first-order valence-corrected chi connectivity index (χ1v) is 12.9. The van der Waals surface area contributed by atoms with E-state index >= 15 is 0 Å². The van der Waals surface area contributed by atoms with Crippen LogP contribution >= 0.6 is 0 Å². The van der Waals surface area contributed by atoms with E-state index in [1.807, 2.05) is 38.1 Å². The predicted molar refractivity (Wildman–Crippen MR) is 148 cm³/mol. The highest BCUT2D eigenvalue weighted by molar-refractivity contribution is 6.10. The van der Waals surface area contributed by atoms with Gasteiger partial charge in [0.05, 0.1) is 12.7 Å². The maximum Gasteiger partial charge on any atom is 0.357 e. The molecule has 0 spiro atoms. The van der Waals surface area contributed by atoms with Gasteiger partial charge in [0.15, 0.2) is 5.69 Å². The van der Waals surface area contributed by atoms with Crippen molar-refractivity contribution < 1.29 is 13.9 Å². The highest BCUT2D eigenvalue weighted by Gasteiger charge is 2.24. The van der Waals surface area contributed by atoms with E-state index in [-0.39, 0.29) is 30.0 Å². The van der Waals surface area contributed by atoms with E-state index in [9.17, 15) is 14.4 Å². The van der Waals surface area contributed by atoms with E-state index in [2.05, 4.69) is 21.3 Å². The van der Waals surface area contributed by atoms with Crippen LogP contribution in [0, 0.1) is 34.4 Å². The highest BCUT2D eigenvalue weighted by atomic mass is 19.1. The van der Waals surface area contributed by atoms with E-state index in [0.29, 0.717) is 22.5 Å². The Bertz CT molecular complexity index is 1360. The van der Waals surface area contributed by atoms with Crippen molar-refractivity contribution in [2.45, 2.75) is 33.6 Å². The lowest BCUT2D eigenvalue weighted by molar-refractivity contribution is 0.0519. The zero-order valence-electron chi connectivity index (χ0n) is 21.9. The Labute approximate surface area is 222 Å². The van der Waals surface area contributed by atoms with Gasteiger partial charge in [0.25, 0.3) is 0 Å². The van der Waals surface area contributed by atoms with Crippen molar-refractivity contribution in [3.8, 4) is 17.2 Å². The zero-order chi connectivity index (χ0) is 27.2. The maximum absolute atomic E-state index is 13.9. The molecule has 4 rings (SSSR count). The Kier molecular flexibility index (Phi) is 8.37. The molecule has 1 aliphatic heterocycles. The Morgan fingerprint density at radius 2 is 1.92 bits per heavy atom. The van der Waals surface area contributed by atoms with Crippen LogP contribution in [0.3, 0.4) is 0 Å². The monoisotopic (exact) mass is 513 g/mol. The summed E-state index contributed by atoms with van der Waals surface area (Å²) in [5.41, 5.74) is 3.97. The molecule has 0 aliphatic carbocycles. The number of anilines is 3. The summed E-state index contributed by atoms with van der Waals surface area (Å²) in [6, 6.07) is 18.0. The van der Waals surface area contributed by atoms with Gasteiger partial charge in [-0.15, -0.1) is 0 Å². The third kappa shape index (κ3) is 6.00. The molecule has 3 aromatic rings. The van der Waals surface area contributed by atoms with Gasteiger partial charge in [-0.25, -0.2) is 14.2 Å². The first-order chi connectivity index (χ1) is 18.3. The molecule has 0 amide bonds. The zero-order valence-corrected chi connectivity index (χ0v) is 21.9. The lowest BCUT2D eigenvalue weighted by Gasteiger charge is -2.31. The van der Waals surface area contributed by atoms with Gasteiger partial charge in [-0.05, 0) is 73.2 Å². The van der Waals surface area contributed by atoms with Gasteiger partial charge in [-0.2, -0.15) is 5.26 Å². The van der Waals surface area contributed by atoms with Crippen molar-refractivity contribution in [3.05, 3.63) is 71.7 Å². The predicted octanol–water partition coefficient (Wildman–Crippen LogP) is 6.57. The summed E-state index contributed by atoms with van der Waals surface area (Å²) in [7, 11) is 0. The second-order valence-corrected chi connectivity index (χ2v) is 9.64. The number of halogens is 1. The molecular weight excluding hydrogens is 481 g/mol. The molecule has 1 aromatic heterocycles. The Morgan fingerprint density at radius 1 is 1.21 bits per heavy atom. The number of hydrogen-bond donors (Lipinski definition) is 2. The molecule has 1 saturated heterocycles. The van der Waals surface area contributed by atoms with Crippen LogP contribution in [0.25, 0.3) is 11.1 Å². The van der Waals surface area contributed by atoms with E-state index in [1.54, 1.807) is 25.1 Å². The van der Waals surface area contributed by atoms with Gasteiger partial charge in [0.1, 0.15) is 11.6 Å². The molecule has 2 heterocycles. The lowest BCUT2D eigenvalue weighted by Crippen LogP contribution is -2.33. The average Bonchev–Trinajstić information content (AvgIpc) is 2.92. The molecule has 7 nitrogen and oxygen atoms in total. The molecule has 2 aromatic carbocycles. The van der Waals surface area contributed by atoms with Crippen molar-refractivity contribution in [3.63, 3.8) is 0 Å². The normalized spacial score (nSPS) is 13.7. The number of hydrogen-bond acceptors (Lipinski definition) is 7. The van der Waals surface area contributed by atoms with Gasteiger partial charge in [-0.3, -0.25) is 0 Å². The number of nitrogens with one attached hydrogen (secondary N) is 2. The first-order valence-electron chi connectivity index (χ1n) is 12.9.